The lowest BCUT2D eigenvalue weighted by Crippen LogP contribution is -2.00. The number of hydrogen-bond acceptors (Lipinski definition) is 4. The van der Waals surface area contributed by atoms with Crippen molar-refractivity contribution in [2.24, 2.45) is 0 Å². The molecule has 3 nitrogen and oxygen atoms in total. The van der Waals surface area contributed by atoms with Crippen LogP contribution >= 0.6 is 35.8 Å². The second-order valence-electron chi connectivity index (χ2n) is 5.38. The smallest absolute Gasteiger partial charge is 0.184 e. The second kappa shape index (κ2) is 6.84. The zero-order chi connectivity index (χ0) is 17.2. The molecule has 0 aliphatic heterocycles. The highest BCUT2D eigenvalue weighted by molar-refractivity contribution is 7.72. The highest BCUT2D eigenvalue weighted by atomic mass is 32.1. The molecule has 2 aromatic heterocycles. The van der Waals surface area contributed by atoms with Crippen LogP contribution in [0.25, 0.3) is 26.8 Å². The number of nitrogens with zero attached hydrogens (tertiary/aromatic N) is 2. The van der Waals surface area contributed by atoms with Gasteiger partial charge in [-0.05, 0) is 23.8 Å². The number of aromatic nitrogens is 3. The number of hydrogen-bond donors (Lipinski definition) is 1. The van der Waals surface area contributed by atoms with Gasteiger partial charge in [-0.1, -0.05) is 72.9 Å². The molecule has 0 fully saturated rings. The molecule has 0 saturated carbocycles. The topological polar surface area (TPSA) is 33.6 Å². The fourth-order valence-corrected chi connectivity index (χ4v) is 4.09. The van der Waals surface area contributed by atoms with Crippen LogP contribution in [0, 0.1) is 9.41 Å². The van der Waals surface area contributed by atoms with Gasteiger partial charge in [-0.25, -0.2) is 4.98 Å². The van der Waals surface area contributed by atoms with Gasteiger partial charge in [-0.2, -0.15) is 0 Å². The van der Waals surface area contributed by atoms with Gasteiger partial charge in [0.2, 0.25) is 0 Å². The maximum Gasteiger partial charge on any atom is 0.184 e. The minimum atomic E-state index is 0.537. The summed E-state index contributed by atoms with van der Waals surface area (Å²) in [7, 11) is 0. The molecule has 0 spiro atoms. The summed E-state index contributed by atoms with van der Waals surface area (Å²) in [6.45, 7) is 0. The molecule has 2 aromatic carbocycles. The first-order valence-corrected chi connectivity index (χ1v) is 9.30. The lowest BCUT2D eigenvalue weighted by molar-refractivity contribution is 0.924. The Morgan fingerprint density at radius 3 is 2.12 bits per heavy atom. The highest BCUT2D eigenvalue weighted by Crippen LogP contribution is 2.37. The first-order chi connectivity index (χ1) is 12.2. The summed E-state index contributed by atoms with van der Waals surface area (Å²) in [5.41, 5.74) is 2.20. The van der Waals surface area contributed by atoms with Gasteiger partial charge in [0.05, 0.1) is 4.88 Å². The highest BCUT2D eigenvalue weighted by Gasteiger charge is 2.16. The molecule has 4 rings (SSSR count). The molecular formula is C19H13N3S3. The standard InChI is InChI=1S/C19H13N3S3/c23-15-11-12-22(19(24)20-15)17-16(13-7-3-1-4-8-13)25-18(21-17)14-9-5-2-6-10-14/h1-12H,(H,20,23,24). The van der Waals surface area contributed by atoms with Crippen molar-refractivity contribution in [1.29, 1.82) is 0 Å². The fraction of sp³-hybridized carbons (Fsp3) is 0. The lowest BCUT2D eigenvalue weighted by Gasteiger charge is -2.06. The van der Waals surface area contributed by atoms with Crippen LogP contribution in [0.2, 0.25) is 0 Å². The number of nitrogens with one attached hydrogen (secondary N) is 1. The van der Waals surface area contributed by atoms with E-state index in [9.17, 15) is 0 Å². The number of benzene rings is 2. The molecule has 6 heteroatoms. The molecule has 2 heterocycles. The predicted molar refractivity (Wildman–Crippen MR) is 108 cm³/mol. The molecule has 0 aliphatic rings. The van der Waals surface area contributed by atoms with Crippen molar-refractivity contribution < 1.29 is 0 Å². The Morgan fingerprint density at radius 2 is 1.48 bits per heavy atom. The van der Waals surface area contributed by atoms with Gasteiger partial charge < -0.3 is 4.98 Å². The Hall–Kier alpha value is -2.41. The molecule has 1 N–H and O–H groups in total. The fourth-order valence-electron chi connectivity index (χ4n) is 2.54. The van der Waals surface area contributed by atoms with Gasteiger partial charge in [0.1, 0.15) is 9.65 Å². The van der Waals surface area contributed by atoms with Crippen LogP contribution in [0.5, 0.6) is 0 Å². The van der Waals surface area contributed by atoms with Crippen molar-refractivity contribution in [3.05, 3.63) is 82.3 Å². The van der Waals surface area contributed by atoms with Gasteiger partial charge in [0.25, 0.3) is 0 Å². The van der Waals surface area contributed by atoms with E-state index in [0.29, 0.717) is 9.41 Å². The van der Waals surface area contributed by atoms with Crippen LogP contribution in [0.1, 0.15) is 0 Å². The van der Waals surface area contributed by atoms with Crippen molar-refractivity contribution in [1.82, 2.24) is 14.5 Å². The second-order valence-corrected chi connectivity index (χ2v) is 7.21. The molecule has 0 saturated heterocycles. The molecule has 0 bridgehead atoms. The van der Waals surface area contributed by atoms with Crippen molar-refractivity contribution >= 4 is 35.8 Å². The first kappa shape index (κ1) is 16.1. The third-order valence-corrected chi connectivity index (χ3v) is 5.40. The third-order valence-electron chi connectivity index (χ3n) is 3.72. The molecule has 4 aromatic rings. The van der Waals surface area contributed by atoms with Crippen molar-refractivity contribution in [2.45, 2.75) is 0 Å². The van der Waals surface area contributed by atoms with E-state index >= 15 is 0 Å². The Balaban J connectivity index is 1.97. The van der Waals surface area contributed by atoms with Crippen LogP contribution in [0.3, 0.4) is 0 Å². The monoisotopic (exact) mass is 379 g/mol. The largest absolute Gasteiger partial charge is 0.323 e. The van der Waals surface area contributed by atoms with Crippen molar-refractivity contribution in [2.75, 3.05) is 0 Å². The predicted octanol–water partition coefficient (Wildman–Crippen LogP) is 6.05. The Kier molecular flexibility index (Phi) is 4.40. The molecule has 0 unspecified atom stereocenters. The van der Waals surface area contributed by atoms with Gasteiger partial charge in [0.15, 0.2) is 10.6 Å². The van der Waals surface area contributed by atoms with E-state index in [1.807, 2.05) is 53.2 Å². The summed E-state index contributed by atoms with van der Waals surface area (Å²) in [4.78, 5) is 8.97. The molecule has 0 atom stereocenters. The van der Waals surface area contributed by atoms with Crippen LogP contribution in [-0.2, 0) is 0 Å². The summed E-state index contributed by atoms with van der Waals surface area (Å²) in [6.07, 6.45) is 1.87. The minimum absolute atomic E-state index is 0.537. The molecule has 25 heavy (non-hydrogen) atoms. The van der Waals surface area contributed by atoms with Crippen LogP contribution in [-0.4, -0.2) is 14.5 Å². The van der Waals surface area contributed by atoms with Crippen molar-refractivity contribution in [3.8, 4) is 26.8 Å². The zero-order valence-corrected chi connectivity index (χ0v) is 15.5. The quantitative estimate of drug-likeness (QED) is 0.440. The van der Waals surface area contributed by atoms with E-state index in [0.717, 1.165) is 26.8 Å². The summed E-state index contributed by atoms with van der Waals surface area (Å²) in [6, 6.07) is 22.2. The Morgan fingerprint density at radius 1 is 0.840 bits per heavy atom. The first-order valence-electron chi connectivity index (χ1n) is 7.66. The van der Waals surface area contributed by atoms with E-state index in [1.165, 1.54) is 0 Å². The number of rotatable bonds is 3. The maximum atomic E-state index is 5.46. The van der Waals surface area contributed by atoms with Gasteiger partial charge in [0, 0.05) is 11.8 Å². The summed E-state index contributed by atoms with van der Waals surface area (Å²) < 4.78 is 3.02. The SMILES string of the molecule is S=c1ccn(-c2nc(-c3ccccc3)sc2-c2ccccc2)c(=S)[nH]1. The number of H-pyrrole nitrogens is 1. The summed E-state index contributed by atoms with van der Waals surface area (Å²) in [5.74, 6) is 0.811. The molecule has 0 radical (unpaired) electrons. The number of aromatic amines is 1. The van der Waals surface area contributed by atoms with E-state index in [-0.39, 0.29) is 0 Å². The van der Waals surface area contributed by atoms with Crippen LogP contribution in [0.4, 0.5) is 0 Å². The Labute approximate surface area is 159 Å². The van der Waals surface area contributed by atoms with Gasteiger partial charge in [-0.15, -0.1) is 11.3 Å². The average Bonchev–Trinajstić information content (AvgIpc) is 3.08. The van der Waals surface area contributed by atoms with Gasteiger partial charge >= 0.3 is 0 Å². The van der Waals surface area contributed by atoms with Crippen LogP contribution in [0.15, 0.2) is 72.9 Å². The van der Waals surface area contributed by atoms with E-state index < -0.39 is 0 Å². The van der Waals surface area contributed by atoms with E-state index in [4.69, 9.17) is 29.4 Å². The molecular weight excluding hydrogens is 366 g/mol. The van der Waals surface area contributed by atoms with Crippen LogP contribution < -0.4 is 0 Å². The minimum Gasteiger partial charge on any atom is -0.323 e. The molecule has 122 valence electrons. The average molecular weight is 380 g/mol. The van der Waals surface area contributed by atoms with E-state index in [2.05, 4.69) is 29.2 Å². The summed E-state index contributed by atoms with van der Waals surface area (Å²) >= 11 is 12.3. The van der Waals surface area contributed by atoms with Crippen molar-refractivity contribution in [3.63, 3.8) is 0 Å². The lowest BCUT2D eigenvalue weighted by atomic mass is 10.2. The third kappa shape index (κ3) is 3.24. The van der Waals surface area contributed by atoms with Gasteiger partial charge in [-0.3, -0.25) is 4.57 Å². The Bertz CT molecular complexity index is 1130. The maximum absolute atomic E-state index is 5.46. The molecule has 0 amide bonds. The zero-order valence-electron chi connectivity index (χ0n) is 13.0. The van der Waals surface area contributed by atoms with E-state index in [1.54, 1.807) is 11.3 Å². The normalized spacial score (nSPS) is 10.7. The summed E-state index contributed by atoms with van der Waals surface area (Å²) in [5, 5.41) is 0.957. The number of thiazole rings is 1. The molecule has 0 aliphatic carbocycles.